The molecule has 0 radical (unpaired) electrons. The summed E-state index contributed by atoms with van der Waals surface area (Å²) in [5, 5.41) is 15.4. The molecule has 0 atom stereocenters. The van der Waals surface area contributed by atoms with E-state index in [0.29, 0.717) is 13.0 Å². The number of benzene rings is 1. The molecule has 6 heteroatoms. The van der Waals surface area contributed by atoms with Crippen LogP contribution >= 0.6 is 11.3 Å². The van der Waals surface area contributed by atoms with Crippen molar-refractivity contribution in [2.75, 3.05) is 0 Å². The van der Waals surface area contributed by atoms with Crippen LogP contribution in [0.4, 0.5) is 0 Å². The molecule has 1 heterocycles. The Bertz CT molecular complexity index is 693. The van der Waals surface area contributed by atoms with Crippen molar-refractivity contribution in [3.05, 3.63) is 40.9 Å². The van der Waals surface area contributed by atoms with Gasteiger partial charge in [-0.1, -0.05) is 24.3 Å². The highest BCUT2D eigenvalue weighted by Crippen LogP contribution is 2.27. The number of carbonyl (C=O) groups is 1. The van der Waals surface area contributed by atoms with Crippen LogP contribution in [0.1, 0.15) is 36.9 Å². The average Bonchev–Trinajstić information content (AvgIpc) is 3.05. The second-order valence-electron chi connectivity index (χ2n) is 6.26. The van der Waals surface area contributed by atoms with Crippen LogP contribution in [0.5, 0.6) is 0 Å². The van der Waals surface area contributed by atoms with Gasteiger partial charge in [0.15, 0.2) is 0 Å². The highest BCUT2D eigenvalue weighted by Gasteiger charge is 2.21. The Morgan fingerprint density at radius 2 is 2.04 bits per heavy atom. The zero-order valence-electron chi connectivity index (χ0n) is 13.6. The van der Waals surface area contributed by atoms with Crippen molar-refractivity contribution < 1.29 is 9.90 Å². The number of nitrogens with zero attached hydrogens (tertiary/aromatic N) is 1. The molecule has 0 bridgehead atoms. The highest BCUT2D eigenvalue weighted by atomic mass is 32.1. The summed E-state index contributed by atoms with van der Waals surface area (Å²) >= 11 is 1.54. The molecule has 2 aromatic rings. The molecule has 0 aliphatic heterocycles. The number of aromatic nitrogens is 1. The number of thiazole rings is 1. The zero-order chi connectivity index (χ0) is 16.9. The molecule has 1 aliphatic rings. The maximum Gasteiger partial charge on any atom is 0.226 e. The lowest BCUT2D eigenvalue weighted by Gasteiger charge is -2.26. The van der Waals surface area contributed by atoms with Crippen molar-refractivity contribution in [3.8, 4) is 10.6 Å². The van der Waals surface area contributed by atoms with Crippen LogP contribution in [0.25, 0.3) is 10.6 Å². The van der Waals surface area contributed by atoms with Gasteiger partial charge in [-0.25, -0.2) is 4.98 Å². The van der Waals surface area contributed by atoms with Gasteiger partial charge in [0.05, 0.1) is 18.2 Å². The molecule has 1 aromatic heterocycles. The van der Waals surface area contributed by atoms with Gasteiger partial charge in [-0.2, -0.15) is 0 Å². The number of hydrogen-bond donors (Lipinski definition) is 3. The number of nitrogens with one attached hydrogen (secondary N) is 1. The predicted molar refractivity (Wildman–Crippen MR) is 95.6 cm³/mol. The van der Waals surface area contributed by atoms with Gasteiger partial charge in [0.1, 0.15) is 5.01 Å². The smallest absolute Gasteiger partial charge is 0.226 e. The Morgan fingerprint density at radius 3 is 2.79 bits per heavy atom. The first-order valence-corrected chi connectivity index (χ1v) is 9.24. The van der Waals surface area contributed by atoms with Gasteiger partial charge in [0.2, 0.25) is 5.91 Å². The first kappa shape index (κ1) is 17.1. The molecule has 1 amide bonds. The molecule has 0 spiro atoms. The van der Waals surface area contributed by atoms with E-state index in [1.807, 2.05) is 29.6 Å². The van der Waals surface area contributed by atoms with Gasteiger partial charge < -0.3 is 16.2 Å². The minimum absolute atomic E-state index is 0.000324. The largest absolute Gasteiger partial charge is 0.393 e. The Kier molecular flexibility index (Phi) is 5.60. The van der Waals surface area contributed by atoms with Gasteiger partial charge in [-0.3, -0.25) is 4.79 Å². The maximum absolute atomic E-state index is 12.2. The van der Waals surface area contributed by atoms with E-state index in [9.17, 15) is 9.90 Å². The van der Waals surface area contributed by atoms with Crippen LogP contribution in [-0.4, -0.2) is 28.1 Å². The number of hydrogen-bond acceptors (Lipinski definition) is 5. The van der Waals surface area contributed by atoms with E-state index >= 15 is 0 Å². The van der Waals surface area contributed by atoms with E-state index < -0.39 is 0 Å². The summed E-state index contributed by atoms with van der Waals surface area (Å²) in [6.07, 6.45) is 3.31. The molecule has 3 rings (SSSR count). The van der Waals surface area contributed by atoms with Crippen molar-refractivity contribution in [3.63, 3.8) is 0 Å². The van der Waals surface area contributed by atoms with Gasteiger partial charge in [0, 0.05) is 23.5 Å². The number of nitrogens with two attached hydrogens (primary N) is 1. The first-order valence-electron chi connectivity index (χ1n) is 8.36. The first-order chi connectivity index (χ1) is 11.7. The van der Waals surface area contributed by atoms with Crippen molar-refractivity contribution in [1.82, 2.24) is 10.3 Å². The SMILES string of the molecule is NCc1ccccc1-c1nc(CC(=O)NC2CCC(O)CC2)cs1. The van der Waals surface area contributed by atoms with Crippen LogP contribution in [0.3, 0.4) is 0 Å². The van der Waals surface area contributed by atoms with Crippen LogP contribution in [0.15, 0.2) is 29.6 Å². The van der Waals surface area contributed by atoms with E-state index in [2.05, 4.69) is 10.3 Å². The summed E-state index contributed by atoms with van der Waals surface area (Å²) in [6, 6.07) is 8.13. The summed E-state index contributed by atoms with van der Waals surface area (Å²) in [7, 11) is 0. The number of carbonyl (C=O) groups excluding carboxylic acids is 1. The van der Waals surface area contributed by atoms with E-state index in [1.165, 1.54) is 0 Å². The monoisotopic (exact) mass is 345 g/mol. The molecule has 0 saturated heterocycles. The van der Waals surface area contributed by atoms with Crippen LogP contribution in [0.2, 0.25) is 0 Å². The number of aliphatic hydroxyl groups excluding tert-OH is 1. The minimum Gasteiger partial charge on any atom is -0.393 e. The van der Waals surface area contributed by atoms with Gasteiger partial charge in [-0.05, 0) is 31.2 Å². The number of aliphatic hydroxyl groups is 1. The van der Waals surface area contributed by atoms with E-state index in [4.69, 9.17) is 5.73 Å². The standard InChI is InChI=1S/C18H23N3O2S/c19-10-12-3-1-2-4-16(12)18-21-14(11-24-18)9-17(23)20-13-5-7-15(22)8-6-13/h1-4,11,13,15,22H,5-10,19H2,(H,20,23). The molecule has 1 aliphatic carbocycles. The molecule has 4 N–H and O–H groups in total. The summed E-state index contributed by atoms with van der Waals surface area (Å²) in [4.78, 5) is 16.8. The fraction of sp³-hybridized carbons (Fsp3) is 0.444. The zero-order valence-corrected chi connectivity index (χ0v) is 14.4. The van der Waals surface area contributed by atoms with Crippen molar-refractivity contribution in [2.24, 2.45) is 5.73 Å². The Balaban J connectivity index is 1.60. The molecular weight excluding hydrogens is 322 g/mol. The highest BCUT2D eigenvalue weighted by molar-refractivity contribution is 7.13. The molecular formula is C18H23N3O2S. The summed E-state index contributed by atoms with van der Waals surface area (Å²) in [5.74, 6) is 0.000324. The normalized spacial score (nSPS) is 20.8. The predicted octanol–water partition coefficient (Wildman–Crippen LogP) is 2.23. The maximum atomic E-state index is 12.2. The van der Waals surface area contributed by atoms with E-state index in [1.54, 1.807) is 11.3 Å². The van der Waals surface area contributed by atoms with Gasteiger partial charge in [0.25, 0.3) is 0 Å². The van der Waals surface area contributed by atoms with Crippen LogP contribution < -0.4 is 11.1 Å². The second kappa shape index (κ2) is 7.88. The lowest BCUT2D eigenvalue weighted by atomic mass is 9.93. The Morgan fingerprint density at radius 1 is 1.29 bits per heavy atom. The summed E-state index contributed by atoms with van der Waals surface area (Å²) in [6.45, 7) is 0.471. The van der Waals surface area contributed by atoms with Gasteiger partial charge >= 0.3 is 0 Å². The molecule has 1 fully saturated rings. The Hall–Kier alpha value is -1.76. The lowest BCUT2D eigenvalue weighted by Crippen LogP contribution is -2.39. The third-order valence-electron chi connectivity index (χ3n) is 4.42. The Labute approximate surface area is 145 Å². The average molecular weight is 345 g/mol. The minimum atomic E-state index is -0.207. The van der Waals surface area contributed by atoms with Crippen molar-refractivity contribution in [2.45, 2.75) is 50.8 Å². The van der Waals surface area contributed by atoms with E-state index in [0.717, 1.165) is 47.5 Å². The van der Waals surface area contributed by atoms with Gasteiger partial charge in [-0.15, -0.1) is 11.3 Å². The number of rotatable bonds is 5. The van der Waals surface area contributed by atoms with Crippen LogP contribution in [0, 0.1) is 0 Å². The summed E-state index contributed by atoms with van der Waals surface area (Å²) < 4.78 is 0. The molecule has 1 saturated carbocycles. The molecule has 128 valence electrons. The quantitative estimate of drug-likeness (QED) is 0.775. The van der Waals surface area contributed by atoms with E-state index in [-0.39, 0.29) is 18.1 Å². The van der Waals surface area contributed by atoms with Crippen molar-refractivity contribution >= 4 is 17.2 Å². The second-order valence-corrected chi connectivity index (χ2v) is 7.11. The van der Waals surface area contributed by atoms with Crippen LogP contribution in [-0.2, 0) is 17.8 Å². The number of amides is 1. The topological polar surface area (TPSA) is 88.2 Å². The molecule has 0 unspecified atom stereocenters. The molecule has 5 nitrogen and oxygen atoms in total. The van der Waals surface area contributed by atoms with Crippen molar-refractivity contribution in [1.29, 1.82) is 0 Å². The fourth-order valence-corrected chi connectivity index (χ4v) is 3.96. The lowest BCUT2D eigenvalue weighted by molar-refractivity contribution is -0.121. The summed E-state index contributed by atoms with van der Waals surface area (Å²) in [5.41, 5.74) is 8.67. The third-order valence-corrected chi connectivity index (χ3v) is 5.35. The fourth-order valence-electron chi connectivity index (χ4n) is 3.08. The molecule has 1 aromatic carbocycles. The third kappa shape index (κ3) is 4.20. The molecule has 24 heavy (non-hydrogen) atoms.